The van der Waals surface area contributed by atoms with Gasteiger partial charge in [0.15, 0.2) is 12.3 Å². The average molecular weight is 226 g/mol. The Morgan fingerprint density at radius 2 is 1.36 bits per heavy atom. The molecule has 0 aromatic carbocycles. The fraction of sp³-hybridized carbons (Fsp3) is 1.00. The van der Waals surface area contributed by atoms with Crippen LogP contribution in [0.5, 0.6) is 0 Å². The van der Waals surface area contributed by atoms with Crippen LogP contribution in [0.4, 0.5) is 30.7 Å². The number of hydrogen-bond donors (Lipinski definition) is 0. The molecule has 0 heterocycles. The third kappa shape index (κ3) is 3.71. The molecule has 0 aliphatic carbocycles. The van der Waals surface area contributed by atoms with Crippen LogP contribution in [-0.4, -0.2) is 24.4 Å². The van der Waals surface area contributed by atoms with Gasteiger partial charge in [0.1, 0.15) is 0 Å². The Hall–Kier alpha value is -0.490. The molecule has 0 N–H and O–H groups in total. The molecule has 0 nitrogen and oxygen atoms in total. The first kappa shape index (κ1) is 13.5. The largest absolute Gasteiger partial charge is 0.419 e. The molecule has 0 spiro atoms. The predicted molar refractivity (Wildman–Crippen MR) is 35.7 cm³/mol. The molecule has 0 rings (SSSR count). The van der Waals surface area contributed by atoms with Crippen molar-refractivity contribution in [3.8, 4) is 0 Å². The fourth-order valence-corrected chi connectivity index (χ4v) is 0.709. The minimum atomic E-state index is -5.28. The Balaban J connectivity index is 4.26. The van der Waals surface area contributed by atoms with Crippen molar-refractivity contribution in [3.63, 3.8) is 0 Å². The summed E-state index contributed by atoms with van der Waals surface area (Å²) in [6.45, 7) is 0.910. The van der Waals surface area contributed by atoms with Crippen LogP contribution in [0.3, 0.4) is 0 Å². The van der Waals surface area contributed by atoms with E-state index in [1.165, 1.54) is 0 Å². The van der Waals surface area contributed by atoms with Crippen molar-refractivity contribution in [2.45, 2.75) is 44.2 Å². The monoisotopic (exact) mass is 226 g/mol. The van der Waals surface area contributed by atoms with Crippen molar-refractivity contribution in [1.82, 2.24) is 0 Å². The lowest BCUT2D eigenvalue weighted by molar-refractivity contribution is -0.193. The highest BCUT2D eigenvalue weighted by Gasteiger charge is 2.47. The maximum atomic E-state index is 12.5. The third-order valence-electron chi connectivity index (χ3n) is 1.70. The predicted octanol–water partition coefficient (Wildman–Crippen LogP) is 3.66. The maximum Gasteiger partial charge on any atom is 0.419 e. The molecule has 7 heteroatoms. The van der Waals surface area contributed by atoms with Crippen LogP contribution in [0.2, 0.25) is 0 Å². The van der Waals surface area contributed by atoms with Gasteiger partial charge in [0.25, 0.3) is 5.92 Å². The number of rotatable bonds is 4. The van der Waals surface area contributed by atoms with Crippen molar-refractivity contribution >= 4 is 0 Å². The van der Waals surface area contributed by atoms with Crippen molar-refractivity contribution in [1.29, 1.82) is 0 Å². The summed E-state index contributed by atoms with van der Waals surface area (Å²) in [7, 11) is 0. The Bertz CT molecular complexity index is 173. The van der Waals surface area contributed by atoms with Crippen molar-refractivity contribution < 1.29 is 30.7 Å². The zero-order valence-corrected chi connectivity index (χ0v) is 7.21. The minimum absolute atomic E-state index is 0.910. The van der Waals surface area contributed by atoms with E-state index in [2.05, 4.69) is 0 Å². The number of halogens is 7. The van der Waals surface area contributed by atoms with Gasteiger partial charge in [0.2, 0.25) is 0 Å². The molecule has 0 fully saturated rings. The first-order chi connectivity index (χ1) is 6.11. The summed E-state index contributed by atoms with van der Waals surface area (Å²) in [5.74, 6) is -3.91. The molecule has 14 heavy (non-hydrogen) atoms. The lowest BCUT2D eigenvalue weighted by atomic mass is 10.1. The van der Waals surface area contributed by atoms with Gasteiger partial charge < -0.3 is 0 Å². The summed E-state index contributed by atoms with van der Waals surface area (Å²) >= 11 is 0. The molecular weight excluding hydrogens is 217 g/mol. The molecule has 0 aromatic heterocycles. The minimum Gasteiger partial charge on any atom is -0.241 e. The van der Waals surface area contributed by atoms with Gasteiger partial charge in [-0.3, -0.25) is 0 Å². The second kappa shape index (κ2) is 4.35. The number of hydrogen-bond acceptors (Lipinski definition) is 0. The van der Waals surface area contributed by atoms with Crippen LogP contribution in [0.25, 0.3) is 0 Å². The van der Waals surface area contributed by atoms with E-state index in [0.717, 1.165) is 6.92 Å². The highest BCUT2D eigenvalue weighted by atomic mass is 19.4. The quantitative estimate of drug-likeness (QED) is 0.641. The molecule has 86 valence electrons. The summed E-state index contributed by atoms with van der Waals surface area (Å²) in [5, 5.41) is 0. The van der Waals surface area contributed by atoms with Gasteiger partial charge >= 0.3 is 6.18 Å². The zero-order chi connectivity index (χ0) is 11.6. The molecule has 0 bridgehead atoms. The second-order valence-electron chi connectivity index (χ2n) is 2.83. The van der Waals surface area contributed by atoms with Crippen LogP contribution in [0, 0.1) is 0 Å². The molecule has 0 saturated carbocycles. The second-order valence-corrected chi connectivity index (χ2v) is 2.83. The molecule has 1 unspecified atom stereocenters. The van der Waals surface area contributed by atoms with Gasteiger partial charge in [-0.2, -0.15) is 13.2 Å². The molecule has 2 atom stereocenters. The third-order valence-corrected chi connectivity index (χ3v) is 1.70. The normalized spacial score (nSPS) is 18.0. The summed E-state index contributed by atoms with van der Waals surface area (Å²) in [4.78, 5) is 0. The van der Waals surface area contributed by atoms with Gasteiger partial charge in [0.05, 0.1) is 0 Å². The molecular formula is C7H9F7. The first-order valence-electron chi connectivity index (χ1n) is 3.84. The van der Waals surface area contributed by atoms with Gasteiger partial charge in [-0.25, -0.2) is 17.6 Å². The van der Waals surface area contributed by atoms with E-state index in [1.54, 1.807) is 0 Å². The van der Waals surface area contributed by atoms with Gasteiger partial charge in [-0.1, -0.05) is 6.92 Å². The van der Waals surface area contributed by atoms with Gasteiger partial charge in [-0.15, -0.1) is 0 Å². The van der Waals surface area contributed by atoms with E-state index in [-0.39, 0.29) is 0 Å². The van der Waals surface area contributed by atoms with Gasteiger partial charge in [-0.05, 0) is 0 Å². The highest BCUT2D eigenvalue weighted by molar-refractivity contribution is 4.80. The Morgan fingerprint density at radius 1 is 0.929 bits per heavy atom. The van der Waals surface area contributed by atoms with E-state index >= 15 is 0 Å². The maximum absolute atomic E-state index is 12.5. The number of alkyl halides is 7. The highest BCUT2D eigenvalue weighted by Crippen LogP contribution is 2.33. The molecule has 0 aliphatic heterocycles. The van der Waals surface area contributed by atoms with Crippen molar-refractivity contribution in [3.05, 3.63) is 0 Å². The topological polar surface area (TPSA) is 0 Å². The van der Waals surface area contributed by atoms with Crippen LogP contribution in [0.1, 0.15) is 19.8 Å². The Morgan fingerprint density at radius 3 is 1.64 bits per heavy atom. The van der Waals surface area contributed by atoms with Crippen LogP contribution in [0.15, 0.2) is 0 Å². The molecule has 0 amide bonds. The average Bonchev–Trinajstić information content (AvgIpc) is 2.02. The Labute approximate surface area is 76.1 Å². The van der Waals surface area contributed by atoms with Crippen molar-refractivity contribution in [2.75, 3.05) is 0 Å². The summed E-state index contributed by atoms with van der Waals surface area (Å²) in [6.07, 6.45) is -14.8. The SMILES string of the molecule is CCC(F)(F)C(F)C[C@H](F)C(F)(F)F. The Kier molecular flexibility index (Phi) is 4.20. The van der Waals surface area contributed by atoms with Crippen molar-refractivity contribution in [2.24, 2.45) is 0 Å². The summed E-state index contributed by atoms with van der Waals surface area (Å²) in [5.41, 5.74) is 0. The fourth-order valence-electron chi connectivity index (χ4n) is 0.709. The molecule has 0 aromatic rings. The molecule has 0 saturated heterocycles. The summed E-state index contributed by atoms with van der Waals surface area (Å²) < 4.78 is 83.9. The van der Waals surface area contributed by atoms with Crippen LogP contribution >= 0.6 is 0 Å². The lowest BCUT2D eigenvalue weighted by Gasteiger charge is -2.21. The van der Waals surface area contributed by atoms with Crippen LogP contribution in [-0.2, 0) is 0 Å². The van der Waals surface area contributed by atoms with E-state index in [9.17, 15) is 30.7 Å². The van der Waals surface area contributed by atoms with E-state index in [0.29, 0.717) is 0 Å². The lowest BCUT2D eigenvalue weighted by Crippen LogP contribution is -2.36. The van der Waals surface area contributed by atoms with E-state index in [4.69, 9.17) is 0 Å². The zero-order valence-electron chi connectivity index (χ0n) is 7.21. The first-order valence-corrected chi connectivity index (χ1v) is 3.84. The summed E-state index contributed by atoms with van der Waals surface area (Å²) in [6, 6.07) is 0. The van der Waals surface area contributed by atoms with E-state index in [1.807, 2.05) is 0 Å². The van der Waals surface area contributed by atoms with Crippen LogP contribution < -0.4 is 0 Å². The van der Waals surface area contributed by atoms with Gasteiger partial charge in [0, 0.05) is 12.8 Å². The van der Waals surface area contributed by atoms with E-state index < -0.39 is 37.3 Å². The molecule has 0 aliphatic rings. The standard InChI is InChI=1S/C7H9F7/c1-2-6(10,11)4(8)3-5(9)7(12,13)14/h4-5H,2-3H2,1H3/t4?,5-/m0/s1. The smallest absolute Gasteiger partial charge is 0.241 e. The molecule has 0 radical (unpaired) electrons.